The van der Waals surface area contributed by atoms with Gasteiger partial charge in [0.05, 0.1) is 18.4 Å². The first-order valence-electron chi connectivity index (χ1n) is 6.18. The van der Waals surface area contributed by atoms with Crippen LogP contribution in [-0.4, -0.2) is 25.0 Å². The number of hydrogen-bond acceptors (Lipinski definition) is 3. The number of Topliss-reactive ketones (excluding diaryl/α,β-unsaturated/α-hetero) is 1. The Morgan fingerprint density at radius 3 is 2.14 bits per heavy atom. The summed E-state index contributed by atoms with van der Waals surface area (Å²) in [5, 5.41) is 2.19. The first-order chi connectivity index (χ1) is 9.87. The topological polar surface area (TPSA) is 55.4 Å². The number of rotatable bonds is 3. The molecule has 0 radical (unpaired) electrons. The number of halogens is 4. The van der Waals surface area contributed by atoms with Crippen molar-refractivity contribution in [3.63, 3.8) is 0 Å². The maximum absolute atomic E-state index is 12.7. The number of benzene rings is 1. The molecule has 1 aromatic carbocycles. The highest BCUT2D eigenvalue weighted by atomic mass is 35.5. The third-order valence-electron chi connectivity index (χ3n) is 2.71. The van der Waals surface area contributed by atoms with Gasteiger partial charge in [-0.3, -0.25) is 9.59 Å². The highest BCUT2D eigenvalue weighted by molar-refractivity contribution is 6.31. The van der Waals surface area contributed by atoms with Crippen LogP contribution in [0, 0.1) is 5.41 Å². The monoisotopic (exact) mass is 337 g/mol. The number of nitrogens with one attached hydrogen (secondary N) is 1. The minimum atomic E-state index is -5.10. The first kappa shape index (κ1) is 18.3. The van der Waals surface area contributed by atoms with Gasteiger partial charge in [-0.15, -0.1) is 0 Å². The van der Waals surface area contributed by atoms with E-state index in [-0.39, 0.29) is 16.5 Å². The Bertz CT molecular complexity index is 607. The summed E-state index contributed by atoms with van der Waals surface area (Å²) in [6.45, 7) is 4.74. The quantitative estimate of drug-likeness (QED) is 0.846. The number of methoxy groups -OCH3 is 1. The van der Waals surface area contributed by atoms with E-state index in [2.05, 4.69) is 5.32 Å². The molecule has 1 aromatic rings. The van der Waals surface area contributed by atoms with Crippen molar-refractivity contribution in [2.45, 2.75) is 26.9 Å². The van der Waals surface area contributed by atoms with Crippen LogP contribution in [0.4, 0.5) is 18.9 Å². The molecule has 0 aliphatic rings. The van der Waals surface area contributed by atoms with E-state index < -0.39 is 28.8 Å². The van der Waals surface area contributed by atoms with Crippen LogP contribution in [0.2, 0.25) is 5.02 Å². The van der Waals surface area contributed by atoms with Gasteiger partial charge in [-0.05, 0) is 6.07 Å². The van der Waals surface area contributed by atoms with Gasteiger partial charge in [0.2, 0.25) is 5.91 Å². The average Bonchev–Trinajstić information content (AvgIpc) is 2.36. The zero-order chi connectivity index (χ0) is 17.3. The summed E-state index contributed by atoms with van der Waals surface area (Å²) in [7, 11) is 1.19. The van der Waals surface area contributed by atoms with E-state index in [0.29, 0.717) is 0 Å². The van der Waals surface area contributed by atoms with Crippen molar-refractivity contribution >= 4 is 29.0 Å². The Balaban J connectivity index is 3.46. The number of carbonyl (C=O) groups is 2. The van der Waals surface area contributed by atoms with Crippen molar-refractivity contribution in [1.29, 1.82) is 0 Å². The molecule has 1 rings (SSSR count). The molecule has 0 fully saturated rings. The standard InChI is InChI=1S/C14H15ClF3NO3/c1-13(2,3)12(21)19-10-8(11(20)14(16,17)18)5-7(15)6-9(10)22-4/h5-6H,1-4H3,(H,19,21). The lowest BCUT2D eigenvalue weighted by atomic mass is 9.95. The van der Waals surface area contributed by atoms with E-state index in [1.807, 2.05) is 0 Å². The molecule has 0 saturated heterocycles. The Morgan fingerprint density at radius 1 is 1.18 bits per heavy atom. The maximum atomic E-state index is 12.7. The fourth-order valence-electron chi connectivity index (χ4n) is 1.50. The van der Waals surface area contributed by atoms with Crippen LogP contribution in [-0.2, 0) is 4.79 Å². The van der Waals surface area contributed by atoms with E-state index in [1.54, 1.807) is 20.8 Å². The van der Waals surface area contributed by atoms with Crippen molar-refractivity contribution < 1.29 is 27.5 Å². The summed E-state index contributed by atoms with van der Waals surface area (Å²) < 4.78 is 43.0. The van der Waals surface area contributed by atoms with Gasteiger partial charge in [0.25, 0.3) is 5.78 Å². The Hall–Kier alpha value is -1.76. The van der Waals surface area contributed by atoms with Gasteiger partial charge in [-0.1, -0.05) is 32.4 Å². The normalized spacial score (nSPS) is 12.0. The summed E-state index contributed by atoms with van der Waals surface area (Å²) in [5.41, 5.74) is -1.99. The molecule has 0 unspecified atom stereocenters. The second kappa shape index (κ2) is 6.16. The van der Waals surface area contributed by atoms with Gasteiger partial charge in [0, 0.05) is 16.5 Å². The zero-order valence-electron chi connectivity index (χ0n) is 12.4. The number of carbonyl (C=O) groups excluding carboxylic acids is 2. The Labute approximate surface area is 130 Å². The average molecular weight is 338 g/mol. The van der Waals surface area contributed by atoms with Gasteiger partial charge < -0.3 is 10.1 Å². The van der Waals surface area contributed by atoms with Crippen LogP contribution >= 0.6 is 11.6 Å². The van der Waals surface area contributed by atoms with E-state index in [1.165, 1.54) is 13.2 Å². The SMILES string of the molecule is COc1cc(Cl)cc(C(=O)C(F)(F)F)c1NC(=O)C(C)(C)C. The first-order valence-corrected chi connectivity index (χ1v) is 6.56. The minimum Gasteiger partial charge on any atom is -0.494 e. The molecule has 1 N–H and O–H groups in total. The van der Waals surface area contributed by atoms with Gasteiger partial charge >= 0.3 is 6.18 Å². The summed E-state index contributed by atoms with van der Waals surface area (Å²) in [6.07, 6.45) is -5.10. The van der Waals surface area contributed by atoms with Crippen LogP contribution in [0.15, 0.2) is 12.1 Å². The molecule has 122 valence electrons. The number of amides is 1. The number of hydrogen-bond donors (Lipinski definition) is 1. The largest absolute Gasteiger partial charge is 0.494 e. The molecule has 0 spiro atoms. The number of ether oxygens (including phenoxy) is 1. The third kappa shape index (κ3) is 4.13. The lowest BCUT2D eigenvalue weighted by Gasteiger charge is -2.21. The maximum Gasteiger partial charge on any atom is 0.454 e. The fraction of sp³-hybridized carbons (Fsp3) is 0.429. The molecule has 8 heteroatoms. The van der Waals surface area contributed by atoms with Crippen LogP contribution in [0.3, 0.4) is 0 Å². The summed E-state index contributed by atoms with van der Waals surface area (Å²) in [5.74, 6) is -2.81. The molecule has 22 heavy (non-hydrogen) atoms. The van der Waals surface area contributed by atoms with Crippen LogP contribution in [0.25, 0.3) is 0 Å². The smallest absolute Gasteiger partial charge is 0.454 e. The summed E-state index contributed by atoms with van der Waals surface area (Å²) >= 11 is 5.71. The second-order valence-electron chi connectivity index (χ2n) is 5.56. The molecular formula is C14H15ClF3NO3. The van der Waals surface area contributed by atoms with Gasteiger partial charge in [-0.25, -0.2) is 0 Å². The Kier molecular flexibility index (Phi) is 5.12. The van der Waals surface area contributed by atoms with Crippen molar-refractivity contribution in [2.24, 2.45) is 5.41 Å². The predicted octanol–water partition coefficient (Wildman–Crippen LogP) is 4.08. The molecule has 0 aliphatic heterocycles. The third-order valence-corrected chi connectivity index (χ3v) is 2.93. The second-order valence-corrected chi connectivity index (χ2v) is 6.00. The molecule has 0 heterocycles. The zero-order valence-corrected chi connectivity index (χ0v) is 13.1. The molecule has 0 aromatic heterocycles. The highest BCUT2D eigenvalue weighted by Crippen LogP contribution is 2.36. The number of alkyl halides is 3. The van der Waals surface area contributed by atoms with E-state index >= 15 is 0 Å². The molecule has 4 nitrogen and oxygen atoms in total. The van der Waals surface area contributed by atoms with E-state index in [0.717, 1.165) is 6.07 Å². The van der Waals surface area contributed by atoms with Gasteiger partial charge in [-0.2, -0.15) is 13.2 Å². The fourth-order valence-corrected chi connectivity index (χ4v) is 1.71. The lowest BCUT2D eigenvalue weighted by Crippen LogP contribution is -2.30. The lowest BCUT2D eigenvalue weighted by molar-refractivity contribution is -0.123. The highest BCUT2D eigenvalue weighted by Gasteiger charge is 2.41. The molecular weight excluding hydrogens is 323 g/mol. The summed E-state index contributed by atoms with van der Waals surface area (Å²) in [6, 6.07) is 2.06. The molecule has 1 amide bonds. The van der Waals surface area contributed by atoms with E-state index in [4.69, 9.17) is 16.3 Å². The van der Waals surface area contributed by atoms with Crippen molar-refractivity contribution in [2.75, 3.05) is 12.4 Å². The van der Waals surface area contributed by atoms with Crippen LogP contribution in [0.5, 0.6) is 5.75 Å². The van der Waals surface area contributed by atoms with E-state index in [9.17, 15) is 22.8 Å². The molecule has 0 atom stereocenters. The molecule has 0 saturated carbocycles. The number of ketones is 1. The van der Waals surface area contributed by atoms with Crippen molar-refractivity contribution in [3.05, 3.63) is 22.7 Å². The molecule has 0 bridgehead atoms. The van der Waals surface area contributed by atoms with Gasteiger partial charge in [0.15, 0.2) is 0 Å². The van der Waals surface area contributed by atoms with Crippen molar-refractivity contribution in [3.8, 4) is 5.75 Å². The van der Waals surface area contributed by atoms with Gasteiger partial charge in [0.1, 0.15) is 5.75 Å². The number of anilines is 1. The minimum absolute atomic E-state index is 0.113. The predicted molar refractivity (Wildman–Crippen MR) is 76.5 cm³/mol. The van der Waals surface area contributed by atoms with Crippen molar-refractivity contribution in [1.82, 2.24) is 0 Å². The van der Waals surface area contributed by atoms with Crippen LogP contribution < -0.4 is 10.1 Å². The Morgan fingerprint density at radius 2 is 1.73 bits per heavy atom. The summed E-state index contributed by atoms with van der Waals surface area (Å²) in [4.78, 5) is 23.6. The van der Waals surface area contributed by atoms with Crippen LogP contribution in [0.1, 0.15) is 31.1 Å². The molecule has 0 aliphatic carbocycles.